The lowest BCUT2D eigenvalue weighted by Gasteiger charge is -2.14. The number of carbonyl (C=O) groups excluding carboxylic acids is 1. The molecule has 0 saturated carbocycles. The van der Waals surface area contributed by atoms with E-state index in [2.05, 4.69) is 18.9 Å². The first-order valence-electron chi connectivity index (χ1n) is 5.76. The third-order valence-corrected chi connectivity index (χ3v) is 2.94. The minimum absolute atomic E-state index is 0.579. The summed E-state index contributed by atoms with van der Waals surface area (Å²) in [5.74, 6) is 0.579. The Labute approximate surface area is 90.5 Å². The molecule has 1 aromatic rings. The highest BCUT2D eigenvalue weighted by Crippen LogP contribution is 2.24. The normalized spacial score (nSPS) is 15.4. The largest absolute Gasteiger partial charge is 0.296 e. The minimum Gasteiger partial charge on any atom is -0.296 e. The van der Waals surface area contributed by atoms with Crippen LogP contribution >= 0.6 is 0 Å². The number of nitrogens with zero attached hydrogens (tertiary/aromatic N) is 2. The van der Waals surface area contributed by atoms with Gasteiger partial charge in [0.1, 0.15) is 5.69 Å². The zero-order valence-corrected chi connectivity index (χ0v) is 9.49. The van der Waals surface area contributed by atoms with E-state index in [1.54, 1.807) is 0 Å². The highest BCUT2D eigenvalue weighted by molar-refractivity contribution is 5.74. The van der Waals surface area contributed by atoms with Crippen molar-refractivity contribution in [3.63, 3.8) is 0 Å². The first kappa shape index (κ1) is 10.4. The van der Waals surface area contributed by atoms with Crippen LogP contribution in [0.1, 0.15) is 48.4 Å². The zero-order valence-electron chi connectivity index (χ0n) is 9.49. The van der Waals surface area contributed by atoms with Crippen LogP contribution in [-0.4, -0.2) is 16.1 Å². The van der Waals surface area contributed by atoms with E-state index in [0.717, 1.165) is 25.7 Å². The van der Waals surface area contributed by atoms with Gasteiger partial charge in [-0.1, -0.05) is 13.8 Å². The second-order valence-electron chi connectivity index (χ2n) is 4.71. The van der Waals surface area contributed by atoms with Crippen molar-refractivity contribution in [2.24, 2.45) is 5.92 Å². The SMILES string of the molecule is CC(C)Cn1nc(C=O)c2c1CCCC2. The molecule has 0 spiro atoms. The van der Waals surface area contributed by atoms with Gasteiger partial charge < -0.3 is 0 Å². The summed E-state index contributed by atoms with van der Waals surface area (Å²) in [6.07, 6.45) is 5.45. The predicted molar refractivity (Wildman–Crippen MR) is 59.1 cm³/mol. The van der Waals surface area contributed by atoms with Gasteiger partial charge in [0.05, 0.1) is 0 Å². The summed E-state index contributed by atoms with van der Waals surface area (Å²) >= 11 is 0. The van der Waals surface area contributed by atoms with Gasteiger partial charge in [0.15, 0.2) is 6.29 Å². The summed E-state index contributed by atoms with van der Waals surface area (Å²) < 4.78 is 2.04. The quantitative estimate of drug-likeness (QED) is 0.711. The lowest BCUT2D eigenvalue weighted by atomic mass is 9.96. The Kier molecular flexibility index (Phi) is 2.89. The molecule has 3 heteroatoms. The third-order valence-electron chi connectivity index (χ3n) is 2.94. The molecule has 3 nitrogen and oxygen atoms in total. The second kappa shape index (κ2) is 4.17. The van der Waals surface area contributed by atoms with Crippen LogP contribution in [0.2, 0.25) is 0 Å². The van der Waals surface area contributed by atoms with E-state index in [1.165, 1.54) is 24.1 Å². The molecule has 1 aliphatic rings. The standard InChI is InChI=1S/C12H18N2O/c1-9(2)7-14-12-6-4-3-5-10(12)11(8-15)13-14/h8-9H,3-7H2,1-2H3. The number of fused-ring (bicyclic) bond motifs is 1. The first-order chi connectivity index (χ1) is 7.22. The van der Waals surface area contributed by atoms with E-state index >= 15 is 0 Å². The highest BCUT2D eigenvalue weighted by atomic mass is 16.1. The van der Waals surface area contributed by atoms with Gasteiger partial charge in [-0.15, -0.1) is 0 Å². The summed E-state index contributed by atoms with van der Waals surface area (Å²) in [4.78, 5) is 10.9. The van der Waals surface area contributed by atoms with Gasteiger partial charge in [0.25, 0.3) is 0 Å². The number of carbonyl (C=O) groups is 1. The van der Waals surface area contributed by atoms with Crippen LogP contribution in [0.4, 0.5) is 0 Å². The summed E-state index contributed by atoms with van der Waals surface area (Å²) in [7, 11) is 0. The first-order valence-corrected chi connectivity index (χ1v) is 5.76. The number of rotatable bonds is 3. The van der Waals surface area contributed by atoms with Crippen LogP contribution in [0.3, 0.4) is 0 Å². The van der Waals surface area contributed by atoms with Crippen LogP contribution in [0.5, 0.6) is 0 Å². The van der Waals surface area contributed by atoms with Gasteiger partial charge in [-0.05, 0) is 31.6 Å². The molecular weight excluding hydrogens is 188 g/mol. The third kappa shape index (κ3) is 1.96. The molecule has 0 radical (unpaired) electrons. The highest BCUT2D eigenvalue weighted by Gasteiger charge is 2.20. The number of hydrogen-bond acceptors (Lipinski definition) is 2. The number of aldehydes is 1. The summed E-state index contributed by atoms with van der Waals surface area (Å²) in [6, 6.07) is 0. The fourth-order valence-corrected chi connectivity index (χ4v) is 2.29. The van der Waals surface area contributed by atoms with Gasteiger partial charge >= 0.3 is 0 Å². The number of hydrogen-bond donors (Lipinski definition) is 0. The maximum absolute atomic E-state index is 10.9. The van der Waals surface area contributed by atoms with Crippen molar-refractivity contribution >= 4 is 6.29 Å². The van der Waals surface area contributed by atoms with Gasteiger partial charge in [-0.2, -0.15) is 5.10 Å². The molecule has 0 aliphatic heterocycles. The number of aromatic nitrogens is 2. The lowest BCUT2D eigenvalue weighted by molar-refractivity contribution is 0.111. The Hall–Kier alpha value is -1.12. The molecule has 1 aromatic heterocycles. The molecule has 15 heavy (non-hydrogen) atoms. The molecule has 0 amide bonds. The van der Waals surface area contributed by atoms with Crippen molar-refractivity contribution in [1.82, 2.24) is 9.78 Å². The van der Waals surface area contributed by atoms with Crippen LogP contribution in [0.25, 0.3) is 0 Å². The van der Waals surface area contributed by atoms with Crippen molar-refractivity contribution in [2.45, 2.75) is 46.1 Å². The van der Waals surface area contributed by atoms with E-state index in [1.807, 2.05) is 4.68 Å². The van der Waals surface area contributed by atoms with Crippen molar-refractivity contribution in [3.8, 4) is 0 Å². The summed E-state index contributed by atoms with van der Waals surface area (Å²) in [5.41, 5.74) is 3.18. The molecule has 0 bridgehead atoms. The van der Waals surface area contributed by atoms with Crippen LogP contribution in [0, 0.1) is 5.92 Å². The molecule has 2 rings (SSSR count). The Morgan fingerprint density at radius 3 is 2.80 bits per heavy atom. The Bertz CT molecular complexity index is 366. The molecule has 1 heterocycles. The van der Waals surface area contributed by atoms with Crippen molar-refractivity contribution in [2.75, 3.05) is 0 Å². The van der Waals surface area contributed by atoms with Crippen molar-refractivity contribution in [3.05, 3.63) is 17.0 Å². The monoisotopic (exact) mass is 206 g/mol. The molecule has 1 aliphatic carbocycles. The van der Waals surface area contributed by atoms with E-state index in [9.17, 15) is 4.79 Å². The van der Waals surface area contributed by atoms with E-state index < -0.39 is 0 Å². The Morgan fingerprint density at radius 2 is 2.13 bits per heavy atom. The minimum atomic E-state index is 0.579. The zero-order chi connectivity index (χ0) is 10.8. The molecular formula is C12H18N2O. The molecule has 82 valence electrons. The smallest absolute Gasteiger partial charge is 0.170 e. The average molecular weight is 206 g/mol. The van der Waals surface area contributed by atoms with E-state index in [0.29, 0.717) is 11.6 Å². The Balaban J connectivity index is 2.37. The molecule has 0 aromatic carbocycles. The predicted octanol–water partition coefficient (Wildman–Crippen LogP) is 2.23. The van der Waals surface area contributed by atoms with Crippen LogP contribution in [-0.2, 0) is 19.4 Å². The molecule has 0 fully saturated rings. The van der Waals surface area contributed by atoms with Gasteiger partial charge in [-0.3, -0.25) is 9.48 Å². The fraction of sp³-hybridized carbons (Fsp3) is 0.667. The fourth-order valence-electron chi connectivity index (χ4n) is 2.29. The Morgan fingerprint density at radius 1 is 1.40 bits per heavy atom. The van der Waals surface area contributed by atoms with Crippen LogP contribution in [0.15, 0.2) is 0 Å². The van der Waals surface area contributed by atoms with Gasteiger partial charge in [0, 0.05) is 17.8 Å². The van der Waals surface area contributed by atoms with Gasteiger partial charge in [-0.25, -0.2) is 0 Å². The van der Waals surface area contributed by atoms with Gasteiger partial charge in [0.2, 0.25) is 0 Å². The summed E-state index contributed by atoms with van der Waals surface area (Å²) in [6.45, 7) is 5.28. The van der Waals surface area contributed by atoms with Crippen molar-refractivity contribution < 1.29 is 4.79 Å². The molecule has 0 atom stereocenters. The average Bonchev–Trinajstić information content (AvgIpc) is 2.56. The maximum Gasteiger partial charge on any atom is 0.170 e. The molecule has 0 saturated heterocycles. The van der Waals surface area contributed by atoms with Crippen molar-refractivity contribution in [1.29, 1.82) is 0 Å². The maximum atomic E-state index is 10.9. The summed E-state index contributed by atoms with van der Waals surface area (Å²) in [5, 5.41) is 4.40. The van der Waals surface area contributed by atoms with E-state index in [4.69, 9.17) is 0 Å². The van der Waals surface area contributed by atoms with E-state index in [-0.39, 0.29) is 0 Å². The lowest BCUT2D eigenvalue weighted by Crippen LogP contribution is -2.12. The molecule has 0 N–H and O–H groups in total. The second-order valence-corrected chi connectivity index (χ2v) is 4.71. The molecule has 0 unspecified atom stereocenters. The van der Waals surface area contributed by atoms with Crippen LogP contribution < -0.4 is 0 Å². The topological polar surface area (TPSA) is 34.9 Å².